The average Bonchev–Trinajstić information content (AvgIpc) is 2.36. The Hall–Kier alpha value is -1.97. The summed E-state index contributed by atoms with van der Waals surface area (Å²) in [5.74, 6) is -3.86. The van der Waals surface area contributed by atoms with Crippen LogP contribution in [0.25, 0.3) is 0 Å². The Balaban J connectivity index is 2.13. The first-order valence-electron chi connectivity index (χ1n) is 5.01. The highest BCUT2D eigenvalue weighted by Crippen LogP contribution is 2.20. The van der Waals surface area contributed by atoms with Gasteiger partial charge in [-0.2, -0.15) is 0 Å². The van der Waals surface area contributed by atoms with E-state index in [1.54, 1.807) is 24.3 Å². The molecule has 2 rings (SSSR count). The predicted molar refractivity (Wildman–Crippen MR) is 58.9 cm³/mol. The molecule has 87 valence electrons. The van der Waals surface area contributed by atoms with E-state index in [2.05, 4.69) is 11.4 Å². The number of nitrogens with one attached hydrogen (secondary N) is 1. The van der Waals surface area contributed by atoms with Crippen LogP contribution in [0, 0.1) is 23.5 Å². The zero-order valence-electron chi connectivity index (χ0n) is 8.81. The van der Waals surface area contributed by atoms with Crippen LogP contribution in [0.15, 0.2) is 36.4 Å². The molecule has 1 N–H and O–H groups in total. The Bertz CT molecular complexity index is 512. The molecule has 0 spiro atoms. The summed E-state index contributed by atoms with van der Waals surface area (Å²) >= 11 is 0. The Morgan fingerprint density at radius 3 is 2.35 bits per heavy atom. The van der Waals surface area contributed by atoms with Gasteiger partial charge in [-0.05, 0) is 23.8 Å². The Labute approximate surface area is 96.9 Å². The van der Waals surface area contributed by atoms with Gasteiger partial charge >= 0.3 is 0 Å². The van der Waals surface area contributed by atoms with Crippen LogP contribution in [0.4, 0.5) is 18.9 Å². The summed E-state index contributed by atoms with van der Waals surface area (Å²) in [7, 11) is 0. The third kappa shape index (κ3) is 2.58. The normalized spacial score (nSPS) is 10.3. The number of hydrogen-bond donors (Lipinski definition) is 1. The van der Waals surface area contributed by atoms with Crippen LogP contribution in [0.1, 0.15) is 5.56 Å². The number of benzene rings is 2. The molecule has 4 heteroatoms. The van der Waals surface area contributed by atoms with E-state index < -0.39 is 17.5 Å². The first kappa shape index (κ1) is 11.5. The van der Waals surface area contributed by atoms with Gasteiger partial charge in [-0.15, -0.1) is 0 Å². The van der Waals surface area contributed by atoms with Crippen molar-refractivity contribution >= 4 is 5.69 Å². The monoisotopic (exact) mass is 236 g/mol. The van der Waals surface area contributed by atoms with E-state index in [9.17, 15) is 13.2 Å². The average molecular weight is 236 g/mol. The summed E-state index contributed by atoms with van der Waals surface area (Å²) in [5, 5.41) is 2.70. The van der Waals surface area contributed by atoms with Crippen molar-refractivity contribution in [1.29, 1.82) is 0 Å². The molecule has 17 heavy (non-hydrogen) atoms. The molecule has 0 unspecified atom stereocenters. The molecule has 1 radical (unpaired) electrons. The summed E-state index contributed by atoms with van der Waals surface area (Å²) < 4.78 is 38.9. The molecule has 0 heterocycles. The van der Waals surface area contributed by atoms with E-state index in [1.807, 2.05) is 0 Å². The quantitative estimate of drug-likeness (QED) is 0.804. The van der Waals surface area contributed by atoms with Crippen molar-refractivity contribution in [2.45, 2.75) is 6.54 Å². The zero-order valence-corrected chi connectivity index (χ0v) is 8.81. The predicted octanol–water partition coefficient (Wildman–Crippen LogP) is 3.52. The topological polar surface area (TPSA) is 12.0 Å². The lowest BCUT2D eigenvalue weighted by Gasteiger charge is -2.08. The summed E-state index contributed by atoms with van der Waals surface area (Å²) in [6, 6.07) is 11.9. The highest BCUT2D eigenvalue weighted by Gasteiger charge is 2.12. The van der Waals surface area contributed by atoms with E-state index in [4.69, 9.17) is 0 Å². The second-order valence-corrected chi connectivity index (χ2v) is 3.48. The lowest BCUT2D eigenvalue weighted by atomic mass is 10.2. The minimum Gasteiger partial charge on any atom is -0.379 e. The third-order valence-corrected chi connectivity index (χ3v) is 2.31. The molecule has 0 aliphatic carbocycles. The summed E-state index contributed by atoms with van der Waals surface area (Å²) in [6.45, 7) is 0.330. The molecule has 0 aromatic heterocycles. The van der Waals surface area contributed by atoms with E-state index >= 15 is 0 Å². The minimum atomic E-state index is -1.46. The van der Waals surface area contributed by atoms with Gasteiger partial charge in [0, 0.05) is 6.54 Å². The molecule has 1 nitrogen and oxygen atoms in total. The molecule has 0 saturated heterocycles. The molecular formula is C13H9F3N. The first-order valence-corrected chi connectivity index (χ1v) is 5.01. The van der Waals surface area contributed by atoms with E-state index in [0.717, 1.165) is 11.6 Å². The number of anilines is 1. The zero-order chi connectivity index (χ0) is 12.3. The first-order chi connectivity index (χ1) is 8.18. The van der Waals surface area contributed by atoms with Gasteiger partial charge in [-0.3, -0.25) is 0 Å². The highest BCUT2D eigenvalue weighted by molar-refractivity contribution is 5.45. The fraction of sp³-hybridized carbons (Fsp3) is 0.0769. The summed E-state index contributed by atoms with van der Waals surface area (Å²) in [5.41, 5.74) is 0.838. The number of rotatable bonds is 3. The molecule has 2 aromatic rings. The van der Waals surface area contributed by atoms with Gasteiger partial charge < -0.3 is 5.32 Å². The lowest BCUT2D eigenvalue weighted by molar-refractivity contribution is 0.449. The molecule has 0 atom stereocenters. The Morgan fingerprint density at radius 2 is 1.65 bits per heavy atom. The maximum Gasteiger partial charge on any atom is 0.196 e. The van der Waals surface area contributed by atoms with Gasteiger partial charge in [-0.25, -0.2) is 13.2 Å². The van der Waals surface area contributed by atoms with Crippen molar-refractivity contribution in [3.63, 3.8) is 0 Å². The molecule has 0 bridgehead atoms. The van der Waals surface area contributed by atoms with Crippen molar-refractivity contribution in [3.05, 3.63) is 65.5 Å². The van der Waals surface area contributed by atoms with Gasteiger partial charge in [0.05, 0.1) is 5.69 Å². The van der Waals surface area contributed by atoms with Crippen LogP contribution in [0.2, 0.25) is 0 Å². The van der Waals surface area contributed by atoms with Crippen LogP contribution in [-0.2, 0) is 6.54 Å². The molecule has 2 aromatic carbocycles. The van der Waals surface area contributed by atoms with Gasteiger partial charge in [0.1, 0.15) is 0 Å². The van der Waals surface area contributed by atoms with Crippen LogP contribution in [0.3, 0.4) is 0 Å². The van der Waals surface area contributed by atoms with Crippen molar-refractivity contribution < 1.29 is 13.2 Å². The van der Waals surface area contributed by atoms with Gasteiger partial charge in [0.25, 0.3) is 0 Å². The maximum absolute atomic E-state index is 13.3. The lowest BCUT2D eigenvalue weighted by Crippen LogP contribution is -2.03. The summed E-state index contributed by atoms with van der Waals surface area (Å²) in [4.78, 5) is 0. The fourth-order valence-electron chi connectivity index (χ4n) is 1.40. The van der Waals surface area contributed by atoms with Crippen LogP contribution >= 0.6 is 0 Å². The number of halogens is 3. The standard InChI is InChI=1S/C13H9F3N/c14-10-6-7-11(13(16)12(10)15)17-8-9-4-2-1-3-5-9/h2-7,17H,8H2. The van der Waals surface area contributed by atoms with E-state index in [-0.39, 0.29) is 5.69 Å². The van der Waals surface area contributed by atoms with Crippen molar-refractivity contribution in [1.82, 2.24) is 0 Å². The molecule has 0 fully saturated rings. The number of hydrogen-bond acceptors (Lipinski definition) is 1. The smallest absolute Gasteiger partial charge is 0.196 e. The Kier molecular flexibility index (Phi) is 3.32. The van der Waals surface area contributed by atoms with Crippen LogP contribution in [-0.4, -0.2) is 0 Å². The summed E-state index contributed by atoms with van der Waals surface area (Å²) in [6.07, 6.45) is 0. The van der Waals surface area contributed by atoms with Gasteiger partial charge in [-0.1, -0.05) is 24.3 Å². The van der Waals surface area contributed by atoms with Gasteiger partial charge in [0.2, 0.25) is 0 Å². The SMILES string of the molecule is Fc1ccc(NCc2cc[c]cc2)c(F)c1F. The largest absolute Gasteiger partial charge is 0.379 e. The fourth-order valence-corrected chi connectivity index (χ4v) is 1.40. The van der Waals surface area contributed by atoms with Crippen LogP contribution < -0.4 is 5.32 Å². The molecule has 0 saturated carbocycles. The second kappa shape index (κ2) is 4.91. The maximum atomic E-state index is 13.3. The van der Waals surface area contributed by atoms with Crippen LogP contribution in [0.5, 0.6) is 0 Å². The third-order valence-electron chi connectivity index (χ3n) is 2.31. The Morgan fingerprint density at radius 1 is 0.941 bits per heavy atom. The van der Waals surface area contributed by atoms with Gasteiger partial charge in [0.15, 0.2) is 17.5 Å². The van der Waals surface area contributed by atoms with Crippen molar-refractivity contribution in [2.75, 3.05) is 5.32 Å². The van der Waals surface area contributed by atoms with E-state index in [1.165, 1.54) is 6.07 Å². The molecule has 0 aliphatic heterocycles. The molecule has 0 aliphatic rings. The minimum absolute atomic E-state index is 0.0586. The van der Waals surface area contributed by atoms with Crippen molar-refractivity contribution in [2.24, 2.45) is 0 Å². The molecule has 0 amide bonds. The van der Waals surface area contributed by atoms with Crippen molar-refractivity contribution in [3.8, 4) is 0 Å². The molecular weight excluding hydrogens is 227 g/mol. The van der Waals surface area contributed by atoms with E-state index in [0.29, 0.717) is 6.54 Å². The highest BCUT2D eigenvalue weighted by atomic mass is 19.2. The second-order valence-electron chi connectivity index (χ2n) is 3.48.